The van der Waals surface area contributed by atoms with E-state index < -0.39 is 11.6 Å². The van der Waals surface area contributed by atoms with E-state index in [2.05, 4.69) is 38.8 Å². The van der Waals surface area contributed by atoms with Gasteiger partial charge < -0.3 is 20.3 Å². The number of ether oxygens (including phenoxy) is 1. The van der Waals surface area contributed by atoms with Gasteiger partial charge in [0, 0.05) is 41.2 Å². The van der Waals surface area contributed by atoms with Crippen molar-refractivity contribution in [3.63, 3.8) is 0 Å². The third-order valence-corrected chi connectivity index (χ3v) is 9.04. The fourth-order valence-corrected chi connectivity index (χ4v) is 6.91. The Labute approximate surface area is 208 Å². The van der Waals surface area contributed by atoms with Gasteiger partial charge in [-0.15, -0.1) is 11.3 Å². The van der Waals surface area contributed by atoms with E-state index in [-0.39, 0.29) is 56.2 Å². The van der Waals surface area contributed by atoms with Crippen LogP contribution in [0.2, 0.25) is 0 Å². The molecule has 8 nitrogen and oxygen atoms in total. The van der Waals surface area contributed by atoms with Gasteiger partial charge >= 0.3 is 0 Å². The summed E-state index contributed by atoms with van der Waals surface area (Å²) in [7, 11) is 4.17. The molecule has 2 atom stereocenters. The van der Waals surface area contributed by atoms with Crippen LogP contribution >= 0.6 is 11.3 Å². The maximum atomic E-state index is 16.4. The molecule has 1 aromatic carbocycles. The van der Waals surface area contributed by atoms with Crippen molar-refractivity contribution in [3.05, 3.63) is 40.7 Å². The summed E-state index contributed by atoms with van der Waals surface area (Å²) in [6, 6.07) is 2.04. The molecule has 4 aromatic rings. The highest BCUT2D eigenvalue weighted by Crippen LogP contribution is 2.53. The summed E-state index contributed by atoms with van der Waals surface area (Å²) >= 11 is 0.957. The van der Waals surface area contributed by atoms with Crippen molar-refractivity contribution >= 4 is 43.3 Å². The van der Waals surface area contributed by atoms with Crippen LogP contribution in [0.5, 0.6) is 0 Å². The zero-order chi connectivity index (χ0) is 24.9. The highest BCUT2D eigenvalue weighted by Gasteiger charge is 2.61. The fraction of sp³-hybridized carbons (Fsp3) is 0.360. The van der Waals surface area contributed by atoms with Crippen molar-refractivity contribution in [2.75, 3.05) is 37.8 Å². The van der Waals surface area contributed by atoms with Crippen LogP contribution in [0.3, 0.4) is 0 Å². The van der Waals surface area contributed by atoms with Crippen LogP contribution in [-0.4, -0.2) is 52.6 Å². The first-order valence-electron chi connectivity index (χ1n) is 11.6. The second-order valence-corrected chi connectivity index (χ2v) is 11.0. The average molecular weight is 506 g/mol. The SMILES string of the molecule is CN(C)[C@]12C[C@H]1CN(c1ncc3c4c(c(-c5ncc(F)c6sc(N)c(C#N)c56)c(F)c3n1)COC4)C2. The van der Waals surface area contributed by atoms with Gasteiger partial charge in [0.25, 0.3) is 0 Å². The first-order valence-corrected chi connectivity index (χ1v) is 12.4. The summed E-state index contributed by atoms with van der Waals surface area (Å²) < 4.78 is 36.9. The Morgan fingerprint density at radius 3 is 2.81 bits per heavy atom. The van der Waals surface area contributed by atoms with Crippen LogP contribution in [0.4, 0.5) is 19.7 Å². The van der Waals surface area contributed by atoms with Crippen LogP contribution in [0, 0.1) is 28.9 Å². The van der Waals surface area contributed by atoms with Crippen molar-refractivity contribution in [1.82, 2.24) is 19.9 Å². The fourth-order valence-electron chi connectivity index (χ4n) is 5.99. The normalized spacial score (nSPS) is 22.4. The minimum absolute atomic E-state index is 0.0952. The molecule has 0 radical (unpaired) electrons. The first kappa shape index (κ1) is 21.8. The molecule has 182 valence electrons. The van der Waals surface area contributed by atoms with Gasteiger partial charge in [0.15, 0.2) is 11.6 Å². The number of nitriles is 1. The Morgan fingerprint density at radius 1 is 1.25 bits per heavy atom. The number of benzene rings is 1. The molecule has 36 heavy (non-hydrogen) atoms. The van der Waals surface area contributed by atoms with Crippen LogP contribution < -0.4 is 10.6 Å². The molecule has 5 heterocycles. The number of nitrogens with two attached hydrogens (primary N) is 1. The molecule has 1 saturated heterocycles. The van der Waals surface area contributed by atoms with Gasteiger partial charge in [0.2, 0.25) is 5.95 Å². The van der Waals surface area contributed by atoms with E-state index >= 15 is 4.39 Å². The van der Waals surface area contributed by atoms with E-state index in [1.54, 1.807) is 6.20 Å². The summed E-state index contributed by atoms with van der Waals surface area (Å²) in [5.74, 6) is -0.160. The predicted octanol–water partition coefficient (Wildman–Crippen LogP) is 3.81. The maximum Gasteiger partial charge on any atom is 0.226 e. The van der Waals surface area contributed by atoms with Crippen molar-refractivity contribution in [1.29, 1.82) is 5.26 Å². The number of anilines is 2. The Bertz CT molecular complexity index is 1660. The van der Waals surface area contributed by atoms with Crippen molar-refractivity contribution in [2.45, 2.75) is 25.2 Å². The minimum Gasteiger partial charge on any atom is -0.389 e. The molecule has 2 aliphatic heterocycles. The Hall–Kier alpha value is -3.46. The van der Waals surface area contributed by atoms with Gasteiger partial charge in [-0.05, 0) is 37.6 Å². The summed E-state index contributed by atoms with van der Waals surface area (Å²) in [6.45, 7) is 2.06. The number of aromatic nitrogens is 3. The Morgan fingerprint density at radius 2 is 2.06 bits per heavy atom. The van der Waals surface area contributed by atoms with Crippen molar-refractivity contribution < 1.29 is 13.5 Å². The molecule has 2 N–H and O–H groups in total. The smallest absolute Gasteiger partial charge is 0.226 e. The van der Waals surface area contributed by atoms with Crippen LogP contribution in [-0.2, 0) is 18.0 Å². The summed E-state index contributed by atoms with van der Waals surface area (Å²) in [4.78, 5) is 17.9. The number of nitrogens with zero attached hydrogens (tertiary/aromatic N) is 6. The second-order valence-electron chi connectivity index (χ2n) is 9.96. The molecule has 3 aromatic heterocycles. The molecule has 3 aliphatic rings. The van der Waals surface area contributed by atoms with E-state index in [4.69, 9.17) is 10.5 Å². The molecule has 0 spiro atoms. The lowest BCUT2D eigenvalue weighted by atomic mass is 9.94. The average Bonchev–Trinajstić information content (AvgIpc) is 3.21. The highest BCUT2D eigenvalue weighted by atomic mass is 32.1. The lowest BCUT2D eigenvalue weighted by molar-refractivity contribution is 0.135. The highest BCUT2D eigenvalue weighted by molar-refractivity contribution is 7.23. The van der Waals surface area contributed by atoms with E-state index in [1.807, 2.05) is 6.07 Å². The monoisotopic (exact) mass is 505 g/mol. The molecule has 11 heteroatoms. The minimum atomic E-state index is -0.604. The standard InChI is InChI=1S/C25H21F2N7OS/c1-33(2)25-3-11(25)7-34(10-25)24-31-5-13-14-8-35-9-15(14)17(19(27)20(13)32-24)21-18-12(4-28)23(29)36-22(18)16(26)6-30-21/h5-6,11H,3,7-10,29H2,1-2H3/t11-,25-/m0/s1. The van der Waals surface area contributed by atoms with Gasteiger partial charge in [0.05, 0.1) is 35.4 Å². The molecule has 1 saturated carbocycles. The lowest BCUT2D eigenvalue weighted by Crippen LogP contribution is -2.38. The zero-order valence-corrected chi connectivity index (χ0v) is 20.4. The largest absolute Gasteiger partial charge is 0.389 e. The zero-order valence-electron chi connectivity index (χ0n) is 19.6. The van der Waals surface area contributed by atoms with Crippen molar-refractivity contribution in [3.8, 4) is 17.3 Å². The number of hydrogen-bond acceptors (Lipinski definition) is 9. The number of rotatable bonds is 3. The van der Waals surface area contributed by atoms with Gasteiger partial charge in [-0.3, -0.25) is 4.98 Å². The lowest BCUT2D eigenvalue weighted by Gasteiger charge is -2.25. The number of halogens is 2. The maximum absolute atomic E-state index is 16.4. The number of pyridine rings is 1. The molecular weight excluding hydrogens is 484 g/mol. The number of nitrogen functional groups attached to an aromatic ring is 1. The number of piperidine rings is 1. The molecule has 7 rings (SSSR count). The van der Waals surface area contributed by atoms with Crippen molar-refractivity contribution in [2.24, 2.45) is 5.92 Å². The predicted molar refractivity (Wildman–Crippen MR) is 132 cm³/mol. The quantitative estimate of drug-likeness (QED) is 0.448. The number of hydrogen-bond donors (Lipinski definition) is 1. The molecule has 0 unspecified atom stereocenters. The van der Waals surface area contributed by atoms with Crippen LogP contribution in [0.15, 0.2) is 12.4 Å². The molecule has 0 amide bonds. The van der Waals surface area contributed by atoms with Gasteiger partial charge in [0.1, 0.15) is 16.6 Å². The molecule has 2 fully saturated rings. The first-order chi connectivity index (χ1) is 17.3. The number of fused-ring (bicyclic) bond motifs is 5. The third kappa shape index (κ3) is 2.74. The molecule has 1 aliphatic carbocycles. The van der Waals surface area contributed by atoms with Crippen LogP contribution in [0.1, 0.15) is 23.1 Å². The van der Waals surface area contributed by atoms with Gasteiger partial charge in [-0.25, -0.2) is 18.7 Å². The Balaban J connectivity index is 1.45. The van der Waals surface area contributed by atoms with Gasteiger partial charge in [-0.1, -0.05) is 0 Å². The van der Waals surface area contributed by atoms with Crippen LogP contribution in [0.25, 0.3) is 32.2 Å². The molecule has 0 bridgehead atoms. The topological polar surface area (TPSA) is 104 Å². The summed E-state index contributed by atoms with van der Waals surface area (Å²) in [5, 5.41) is 10.7. The molecular formula is C25H21F2N7OS. The summed E-state index contributed by atoms with van der Waals surface area (Å²) in [5.41, 5.74) is 8.14. The number of thiophene rings is 1. The van der Waals surface area contributed by atoms with Gasteiger partial charge in [-0.2, -0.15) is 5.26 Å². The van der Waals surface area contributed by atoms with E-state index in [1.165, 1.54) is 0 Å². The third-order valence-electron chi connectivity index (χ3n) is 8.01. The van der Waals surface area contributed by atoms with E-state index in [9.17, 15) is 9.65 Å². The second kappa shape index (κ2) is 7.29. The number of likely N-dealkylation sites (N-methyl/N-ethyl adjacent to an activating group) is 1. The summed E-state index contributed by atoms with van der Waals surface area (Å²) in [6.07, 6.45) is 3.86. The van der Waals surface area contributed by atoms with E-state index in [0.717, 1.165) is 42.6 Å². The Kier molecular flexibility index (Phi) is 4.41. The van der Waals surface area contributed by atoms with E-state index in [0.29, 0.717) is 22.8 Å².